The van der Waals surface area contributed by atoms with Crippen LogP contribution in [0.1, 0.15) is 50.7 Å². The van der Waals surface area contributed by atoms with Crippen molar-refractivity contribution in [2.75, 3.05) is 19.5 Å². The van der Waals surface area contributed by atoms with Crippen molar-refractivity contribution in [2.24, 2.45) is 5.41 Å². The van der Waals surface area contributed by atoms with E-state index >= 15 is 0 Å². The molecule has 0 spiro atoms. The molecule has 0 aliphatic carbocycles. The lowest BCUT2D eigenvalue weighted by Gasteiger charge is -2.31. The number of hydrogen-bond acceptors (Lipinski definition) is 10. The van der Waals surface area contributed by atoms with Crippen molar-refractivity contribution in [3.05, 3.63) is 56.1 Å². The maximum Gasteiger partial charge on any atom is 0.351 e. The predicted octanol–water partition coefficient (Wildman–Crippen LogP) is 1.69. The Bertz CT molecular complexity index is 1100. The molecule has 4 atom stereocenters. The number of anilines is 1. The van der Waals surface area contributed by atoms with Gasteiger partial charge in [0.2, 0.25) is 0 Å². The van der Waals surface area contributed by atoms with E-state index in [1.807, 2.05) is 20.8 Å². The maximum atomic E-state index is 12.4. The molecule has 4 N–H and O–H groups in total. The van der Waals surface area contributed by atoms with Crippen LogP contribution < -0.4 is 16.2 Å². The predicted molar refractivity (Wildman–Crippen MR) is 121 cm³/mol. The molecule has 3 rings (SSSR count). The summed E-state index contributed by atoms with van der Waals surface area (Å²) < 4.78 is 18.1. The third kappa shape index (κ3) is 5.36. The minimum atomic E-state index is -0.932. The number of hydrogen-bond donors (Lipinski definition) is 3. The Labute approximate surface area is 196 Å². The van der Waals surface area contributed by atoms with E-state index in [4.69, 9.17) is 19.9 Å². The van der Waals surface area contributed by atoms with Gasteiger partial charge in [-0.3, -0.25) is 14.7 Å². The number of ether oxygens (including phenoxy) is 3. The molecule has 186 valence electrons. The lowest BCUT2D eigenvalue weighted by atomic mass is 9.83. The quantitative estimate of drug-likeness (QED) is 0.374. The molecule has 2 heterocycles. The van der Waals surface area contributed by atoms with Crippen LogP contribution in [-0.2, 0) is 16.1 Å². The van der Waals surface area contributed by atoms with E-state index in [2.05, 4.69) is 4.98 Å². The maximum absolute atomic E-state index is 12.4. The number of aliphatic hydroxyl groups excluding tert-OH is 2. The normalized spacial score (nSPS) is 21.4. The Morgan fingerprint density at radius 2 is 2.12 bits per heavy atom. The van der Waals surface area contributed by atoms with Crippen LogP contribution in [0.3, 0.4) is 0 Å². The topological polar surface area (TPSA) is 172 Å². The minimum absolute atomic E-state index is 0.0497. The van der Waals surface area contributed by atoms with Crippen molar-refractivity contribution in [1.29, 1.82) is 0 Å². The standard InChI is InChI=1S/C22H30N4O8/c1-22(2,3)19(14-7-13(32-4)5-6-15(14)26(30)31)33-11-12-9-25(21(29)24-20(12)23)18-8-16(28)17(10-27)34-18/h5-7,9,16-19,27-28H,8,10-11H2,1-4H3,(H2,23,24,29)/t16?,17-,18-,19-/m1/s1. The Kier molecular flexibility index (Phi) is 7.56. The minimum Gasteiger partial charge on any atom is -0.497 e. The second kappa shape index (κ2) is 10.1. The molecule has 0 amide bonds. The molecule has 1 aliphatic heterocycles. The van der Waals surface area contributed by atoms with Gasteiger partial charge in [-0.05, 0) is 17.5 Å². The molecule has 1 aromatic carbocycles. The SMILES string of the molecule is COc1ccc([N+](=O)[O-])c([C@@H](OCc2cn([C@H]3CC(O)[C@@H](CO)O3)c(=O)nc2N)C(C)(C)C)c1. The summed E-state index contributed by atoms with van der Waals surface area (Å²) in [4.78, 5) is 27.4. The van der Waals surface area contributed by atoms with Crippen LogP contribution in [0.15, 0.2) is 29.2 Å². The van der Waals surface area contributed by atoms with Crippen molar-refractivity contribution in [2.45, 2.75) is 58.3 Å². The number of aromatic nitrogens is 2. The fourth-order valence-electron chi connectivity index (χ4n) is 3.90. The Hall–Kier alpha value is -3.06. The fraction of sp³-hybridized carbons (Fsp3) is 0.545. The summed E-state index contributed by atoms with van der Waals surface area (Å²) in [7, 11) is 1.47. The van der Waals surface area contributed by atoms with E-state index in [0.29, 0.717) is 16.9 Å². The Morgan fingerprint density at radius 1 is 1.41 bits per heavy atom. The van der Waals surface area contributed by atoms with Crippen LogP contribution in [-0.4, -0.2) is 50.6 Å². The van der Waals surface area contributed by atoms with Crippen molar-refractivity contribution >= 4 is 11.5 Å². The molecule has 0 bridgehead atoms. The number of methoxy groups -OCH3 is 1. The van der Waals surface area contributed by atoms with Gasteiger partial charge in [0.05, 0.1) is 43.0 Å². The first-order valence-electron chi connectivity index (χ1n) is 10.7. The first-order chi connectivity index (χ1) is 16.0. The van der Waals surface area contributed by atoms with Crippen LogP contribution in [0, 0.1) is 15.5 Å². The summed E-state index contributed by atoms with van der Waals surface area (Å²) in [6, 6.07) is 4.45. The van der Waals surface area contributed by atoms with E-state index in [9.17, 15) is 25.1 Å². The first-order valence-corrected chi connectivity index (χ1v) is 10.7. The highest BCUT2D eigenvalue weighted by Gasteiger charge is 2.36. The number of aliphatic hydroxyl groups is 2. The number of nitro benzene ring substituents is 1. The second-order valence-electron chi connectivity index (χ2n) is 9.19. The molecule has 0 saturated carbocycles. The van der Waals surface area contributed by atoms with Crippen LogP contribution in [0.2, 0.25) is 0 Å². The fourth-order valence-corrected chi connectivity index (χ4v) is 3.90. The Balaban J connectivity index is 1.93. The van der Waals surface area contributed by atoms with Crippen LogP contribution in [0.4, 0.5) is 11.5 Å². The van der Waals surface area contributed by atoms with Gasteiger partial charge >= 0.3 is 5.69 Å². The summed E-state index contributed by atoms with van der Waals surface area (Å²) in [5.74, 6) is 0.398. The molecular weight excluding hydrogens is 448 g/mol. The highest BCUT2D eigenvalue weighted by Crippen LogP contribution is 2.42. The molecule has 1 saturated heterocycles. The van der Waals surface area contributed by atoms with Gasteiger partial charge in [-0.1, -0.05) is 20.8 Å². The van der Waals surface area contributed by atoms with E-state index in [0.717, 1.165) is 0 Å². The second-order valence-corrected chi connectivity index (χ2v) is 9.19. The average Bonchev–Trinajstić information content (AvgIpc) is 3.14. The molecule has 0 radical (unpaired) electrons. The molecule has 34 heavy (non-hydrogen) atoms. The first kappa shape index (κ1) is 25.6. The van der Waals surface area contributed by atoms with Crippen LogP contribution >= 0.6 is 0 Å². The third-order valence-corrected chi connectivity index (χ3v) is 5.66. The van der Waals surface area contributed by atoms with E-state index in [1.54, 1.807) is 6.07 Å². The van der Waals surface area contributed by atoms with Gasteiger partial charge in [-0.15, -0.1) is 0 Å². The van der Waals surface area contributed by atoms with Crippen molar-refractivity contribution in [3.8, 4) is 5.75 Å². The smallest absolute Gasteiger partial charge is 0.351 e. The lowest BCUT2D eigenvalue weighted by molar-refractivity contribution is -0.386. The zero-order valence-corrected chi connectivity index (χ0v) is 19.5. The number of benzene rings is 1. The van der Waals surface area contributed by atoms with Gasteiger partial charge in [0.25, 0.3) is 5.69 Å². The summed E-state index contributed by atoms with van der Waals surface area (Å²) in [5.41, 5.74) is 5.33. The van der Waals surface area contributed by atoms with Crippen molar-refractivity contribution < 1.29 is 29.3 Å². The highest BCUT2D eigenvalue weighted by atomic mass is 16.6. The molecule has 12 nitrogen and oxygen atoms in total. The number of rotatable bonds is 8. The summed E-state index contributed by atoms with van der Waals surface area (Å²) >= 11 is 0. The molecule has 12 heteroatoms. The van der Waals surface area contributed by atoms with Gasteiger partial charge in [0.1, 0.15) is 23.9 Å². The average molecular weight is 479 g/mol. The Morgan fingerprint density at radius 3 is 2.68 bits per heavy atom. The molecule has 2 aromatic rings. The molecule has 1 fully saturated rings. The van der Waals surface area contributed by atoms with Crippen molar-refractivity contribution in [1.82, 2.24) is 9.55 Å². The number of nitrogens with zero attached hydrogens (tertiary/aromatic N) is 3. The monoisotopic (exact) mass is 478 g/mol. The number of nitrogens with two attached hydrogens (primary N) is 1. The lowest BCUT2D eigenvalue weighted by Crippen LogP contribution is -2.29. The van der Waals surface area contributed by atoms with Gasteiger partial charge in [0, 0.05) is 24.2 Å². The van der Waals surface area contributed by atoms with Gasteiger partial charge < -0.3 is 30.2 Å². The van der Waals surface area contributed by atoms with E-state index < -0.39 is 47.2 Å². The van der Waals surface area contributed by atoms with Crippen molar-refractivity contribution in [3.63, 3.8) is 0 Å². The molecular formula is C22H30N4O8. The number of nitro groups is 1. The van der Waals surface area contributed by atoms with Crippen LogP contribution in [0.25, 0.3) is 0 Å². The largest absolute Gasteiger partial charge is 0.497 e. The van der Waals surface area contributed by atoms with Gasteiger partial charge in [-0.25, -0.2) is 4.79 Å². The number of nitrogen functional groups attached to an aromatic ring is 1. The van der Waals surface area contributed by atoms with Gasteiger partial charge in [0.15, 0.2) is 0 Å². The highest BCUT2D eigenvalue weighted by molar-refractivity contribution is 5.47. The van der Waals surface area contributed by atoms with Gasteiger partial charge in [-0.2, -0.15) is 4.98 Å². The van der Waals surface area contributed by atoms with E-state index in [1.165, 1.54) is 30.0 Å². The summed E-state index contributed by atoms with van der Waals surface area (Å²) in [6.45, 7) is 5.15. The van der Waals surface area contributed by atoms with E-state index in [-0.39, 0.29) is 24.5 Å². The third-order valence-electron chi connectivity index (χ3n) is 5.66. The zero-order chi connectivity index (χ0) is 25.2. The summed E-state index contributed by atoms with van der Waals surface area (Å²) in [6.07, 6.45) is -1.78. The zero-order valence-electron chi connectivity index (χ0n) is 19.5. The molecule has 1 aliphatic rings. The molecule has 1 unspecified atom stereocenters. The summed E-state index contributed by atoms with van der Waals surface area (Å²) in [5, 5.41) is 31.0. The van der Waals surface area contributed by atoms with Crippen LogP contribution in [0.5, 0.6) is 5.75 Å². The molecule has 1 aromatic heterocycles.